The molecule has 21 heavy (non-hydrogen) atoms. The lowest BCUT2D eigenvalue weighted by Crippen LogP contribution is -2.05. The van der Waals surface area contributed by atoms with Crippen molar-refractivity contribution < 1.29 is 13.9 Å². The molecule has 0 saturated carbocycles. The summed E-state index contributed by atoms with van der Waals surface area (Å²) >= 11 is 6.03. The molecule has 0 unspecified atom stereocenters. The number of carbonyl (C=O) groups is 1. The minimum absolute atomic E-state index is 0.0989. The van der Waals surface area contributed by atoms with Gasteiger partial charge in [-0.1, -0.05) is 41.9 Å². The van der Waals surface area contributed by atoms with E-state index in [4.69, 9.17) is 20.8 Å². The maximum Gasteiger partial charge on any atom is 0.201 e. The molecule has 4 heteroatoms. The van der Waals surface area contributed by atoms with Crippen molar-refractivity contribution in [3.63, 3.8) is 0 Å². The van der Waals surface area contributed by atoms with Gasteiger partial charge in [-0.05, 0) is 24.3 Å². The van der Waals surface area contributed by atoms with Crippen LogP contribution in [0.2, 0.25) is 5.02 Å². The fraction of sp³-hybridized carbons (Fsp3) is 0.118. The standard InChI is InChI=1S/C17H13ClO3/c18-14-8-4-5-12-11-16(21-17(12)14)15(19)9-10-20-13-6-2-1-3-7-13/h1-8,11H,9-10H2. The zero-order chi connectivity index (χ0) is 14.7. The average Bonchev–Trinajstić information content (AvgIpc) is 2.94. The van der Waals surface area contributed by atoms with E-state index in [1.807, 2.05) is 42.5 Å². The predicted octanol–water partition coefficient (Wildman–Crippen LogP) is 4.74. The van der Waals surface area contributed by atoms with Gasteiger partial charge in [0.1, 0.15) is 5.75 Å². The number of rotatable bonds is 5. The first kappa shape index (κ1) is 13.7. The molecule has 1 aromatic heterocycles. The van der Waals surface area contributed by atoms with E-state index >= 15 is 0 Å². The molecule has 0 atom stereocenters. The van der Waals surface area contributed by atoms with E-state index in [1.165, 1.54) is 0 Å². The third-order valence-electron chi connectivity index (χ3n) is 3.11. The van der Waals surface area contributed by atoms with Crippen LogP contribution >= 0.6 is 11.6 Å². The topological polar surface area (TPSA) is 39.4 Å². The van der Waals surface area contributed by atoms with Gasteiger partial charge in [0, 0.05) is 11.8 Å². The minimum Gasteiger partial charge on any atom is -0.493 e. The molecular formula is C17H13ClO3. The van der Waals surface area contributed by atoms with E-state index in [-0.39, 0.29) is 12.2 Å². The SMILES string of the molecule is O=C(CCOc1ccccc1)c1cc2cccc(Cl)c2o1. The number of ketones is 1. The van der Waals surface area contributed by atoms with Crippen molar-refractivity contribution >= 4 is 28.4 Å². The fourth-order valence-corrected chi connectivity index (χ4v) is 2.29. The Morgan fingerprint density at radius 1 is 1.10 bits per heavy atom. The van der Waals surface area contributed by atoms with Gasteiger partial charge in [0.2, 0.25) is 5.78 Å². The summed E-state index contributed by atoms with van der Waals surface area (Å²) in [6, 6.07) is 16.5. The maximum atomic E-state index is 12.1. The average molecular weight is 301 g/mol. The normalized spacial score (nSPS) is 10.7. The van der Waals surface area contributed by atoms with Gasteiger partial charge in [0.05, 0.1) is 11.6 Å². The first-order chi connectivity index (χ1) is 10.2. The summed E-state index contributed by atoms with van der Waals surface area (Å²) in [7, 11) is 0. The number of Topliss-reactive ketones (excluding diaryl/α,β-unsaturated/α-hetero) is 1. The van der Waals surface area contributed by atoms with Gasteiger partial charge in [-0.25, -0.2) is 0 Å². The Balaban J connectivity index is 1.65. The van der Waals surface area contributed by atoms with Gasteiger partial charge < -0.3 is 9.15 Å². The van der Waals surface area contributed by atoms with Crippen LogP contribution in [0.25, 0.3) is 11.0 Å². The molecule has 1 heterocycles. The molecule has 2 aromatic carbocycles. The molecule has 0 amide bonds. The molecule has 0 N–H and O–H groups in total. The number of hydrogen-bond donors (Lipinski definition) is 0. The number of hydrogen-bond acceptors (Lipinski definition) is 3. The summed E-state index contributed by atoms with van der Waals surface area (Å²) in [6.45, 7) is 0.313. The van der Waals surface area contributed by atoms with Crippen LogP contribution < -0.4 is 4.74 Å². The Hall–Kier alpha value is -2.26. The van der Waals surface area contributed by atoms with Crippen LogP contribution in [0.1, 0.15) is 17.0 Å². The molecule has 0 aliphatic heterocycles. The van der Waals surface area contributed by atoms with E-state index in [1.54, 1.807) is 12.1 Å². The molecule has 0 aliphatic rings. The highest BCUT2D eigenvalue weighted by Crippen LogP contribution is 2.27. The number of ether oxygens (including phenoxy) is 1. The van der Waals surface area contributed by atoms with Gasteiger partial charge in [0.15, 0.2) is 11.3 Å². The highest BCUT2D eigenvalue weighted by molar-refractivity contribution is 6.34. The lowest BCUT2D eigenvalue weighted by Gasteiger charge is -2.03. The quantitative estimate of drug-likeness (QED) is 0.639. The van der Waals surface area contributed by atoms with Crippen LogP contribution in [0.4, 0.5) is 0 Å². The molecule has 3 aromatic rings. The second-order valence-corrected chi connectivity index (χ2v) is 5.01. The summed E-state index contributed by atoms with van der Waals surface area (Å²) in [4.78, 5) is 12.1. The first-order valence-corrected chi connectivity index (χ1v) is 7.01. The van der Waals surface area contributed by atoms with Crippen molar-refractivity contribution in [1.82, 2.24) is 0 Å². The van der Waals surface area contributed by atoms with Crippen molar-refractivity contribution in [3.8, 4) is 5.75 Å². The van der Waals surface area contributed by atoms with E-state index in [0.29, 0.717) is 23.0 Å². The summed E-state index contributed by atoms with van der Waals surface area (Å²) < 4.78 is 11.0. The van der Waals surface area contributed by atoms with Crippen LogP contribution in [0.3, 0.4) is 0 Å². The number of carbonyl (C=O) groups excluding carboxylic acids is 1. The molecule has 0 bridgehead atoms. The largest absolute Gasteiger partial charge is 0.493 e. The van der Waals surface area contributed by atoms with Crippen LogP contribution in [0, 0.1) is 0 Å². The molecule has 0 radical (unpaired) electrons. The Labute approximate surface area is 127 Å². The van der Waals surface area contributed by atoms with Crippen LogP contribution in [0.15, 0.2) is 59.0 Å². The third kappa shape index (κ3) is 3.09. The van der Waals surface area contributed by atoms with Crippen molar-refractivity contribution in [2.24, 2.45) is 0 Å². The Morgan fingerprint density at radius 3 is 2.67 bits per heavy atom. The Kier molecular flexibility index (Phi) is 3.93. The van der Waals surface area contributed by atoms with Gasteiger partial charge in [-0.15, -0.1) is 0 Å². The molecule has 0 aliphatic carbocycles. The van der Waals surface area contributed by atoms with Crippen LogP contribution in [-0.4, -0.2) is 12.4 Å². The van der Waals surface area contributed by atoms with Gasteiger partial charge in [-0.2, -0.15) is 0 Å². The summed E-state index contributed by atoms with van der Waals surface area (Å²) in [5.41, 5.74) is 0.548. The summed E-state index contributed by atoms with van der Waals surface area (Å²) in [5, 5.41) is 1.34. The first-order valence-electron chi connectivity index (χ1n) is 6.63. The predicted molar refractivity (Wildman–Crippen MR) is 82.1 cm³/mol. The van der Waals surface area contributed by atoms with Crippen LogP contribution in [0.5, 0.6) is 5.75 Å². The van der Waals surface area contributed by atoms with E-state index < -0.39 is 0 Å². The molecule has 106 valence electrons. The summed E-state index contributed by atoms with van der Waals surface area (Å²) in [5.74, 6) is 0.964. The molecule has 0 spiro atoms. The van der Waals surface area contributed by atoms with E-state index in [2.05, 4.69) is 0 Å². The smallest absolute Gasteiger partial charge is 0.201 e. The number of furan rings is 1. The van der Waals surface area contributed by atoms with E-state index in [0.717, 1.165) is 11.1 Å². The second kappa shape index (κ2) is 6.02. The highest BCUT2D eigenvalue weighted by atomic mass is 35.5. The number of benzene rings is 2. The second-order valence-electron chi connectivity index (χ2n) is 4.60. The van der Waals surface area contributed by atoms with Crippen LogP contribution in [-0.2, 0) is 0 Å². The molecule has 3 rings (SSSR count). The monoisotopic (exact) mass is 300 g/mol. The van der Waals surface area contributed by atoms with Crippen molar-refractivity contribution in [2.75, 3.05) is 6.61 Å². The number of para-hydroxylation sites is 2. The molecular weight excluding hydrogens is 288 g/mol. The van der Waals surface area contributed by atoms with Gasteiger partial charge in [0.25, 0.3) is 0 Å². The highest BCUT2D eigenvalue weighted by Gasteiger charge is 2.13. The lowest BCUT2D eigenvalue weighted by atomic mass is 10.2. The lowest BCUT2D eigenvalue weighted by molar-refractivity contribution is 0.0937. The van der Waals surface area contributed by atoms with E-state index in [9.17, 15) is 4.79 Å². The Bertz CT molecular complexity index is 762. The van der Waals surface area contributed by atoms with Gasteiger partial charge >= 0.3 is 0 Å². The van der Waals surface area contributed by atoms with Gasteiger partial charge in [-0.3, -0.25) is 4.79 Å². The third-order valence-corrected chi connectivity index (χ3v) is 3.41. The minimum atomic E-state index is -0.0989. The maximum absolute atomic E-state index is 12.1. The van der Waals surface area contributed by atoms with Crippen molar-refractivity contribution in [2.45, 2.75) is 6.42 Å². The van der Waals surface area contributed by atoms with Crippen molar-refractivity contribution in [3.05, 3.63) is 65.4 Å². The molecule has 3 nitrogen and oxygen atoms in total. The molecule has 0 saturated heterocycles. The zero-order valence-electron chi connectivity index (χ0n) is 11.2. The Morgan fingerprint density at radius 2 is 1.90 bits per heavy atom. The zero-order valence-corrected chi connectivity index (χ0v) is 12.0. The number of halogens is 1. The fourth-order valence-electron chi connectivity index (χ4n) is 2.07. The van der Waals surface area contributed by atoms with Crippen molar-refractivity contribution in [1.29, 1.82) is 0 Å². The molecule has 0 fully saturated rings. The number of fused-ring (bicyclic) bond motifs is 1. The summed E-state index contributed by atoms with van der Waals surface area (Å²) in [6.07, 6.45) is 0.256.